The van der Waals surface area contributed by atoms with Crippen LogP contribution in [0.15, 0.2) is 6.07 Å². The summed E-state index contributed by atoms with van der Waals surface area (Å²) in [6, 6.07) is 1.76. The average molecular weight is 342 g/mol. The molecule has 8 nitrogen and oxygen atoms in total. The number of likely N-dealkylation sites (N-methyl/N-ethyl adjacent to an activating group) is 1. The fourth-order valence-electron chi connectivity index (χ4n) is 2.37. The van der Waals surface area contributed by atoms with E-state index in [1.54, 1.807) is 17.9 Å². The molecule has 1 unspecified atom stereocenters. The maximum atomic E-state index is 12.1. The Morgan fingerprint density at radius 1 is 1.43 bits per heavy atom. The molecule has 1 aromatic rings. The summed E-state index contributed by atoms with van der Waals surface area (Å²) in [6.45, 7) is 4.48. The van der Waals surface area contributed by atoms with E-state index >= 15 is 0 Å². The third kappa shape index (κ3) is 4.87. The number of sulfonamides is 1. The van der Waals surface area contributed by atoms with E-state index in [1.807, 2.05) is 6.92 Å². The van der Waals surface area contributed by atoms with E-state index in [0.717, 1.165) is 16.3 Å². The number of amides is 1. The van der Waals surface area contributed by atoms with E-state index in [4.69, 9.17) is 4.74 Å². The number of rotatable bonds is 5. The third-order valence-corrected chi connectivity index (χ3v) is 4.91. The maximum absolute atomic E-state index is 12.1. The van der Waals surface area contributed by atoms with Crippen LogP contribution in [0.2, 0.25) is 0 Å². The molecule has 0 aliphatic carbocycles. The molecule has 1 fully saturated rings. The molecule has 1 saturated heterocycles. The Kier molecular flexibility index (Phi) is 5.20. The van der Waals surface area contributed by atoms with Gasteiger partial charge in [0.2, 0.25) is 21.8 Å². The Morgan fingerprint density at radius 2 is 2.13 bits per heavy atom. The standard InChI is InChI=1S/C14H22N4O4S/c1-10-7-13(16-11(2)15-10)22-12-5-6-18(8-12)14(19)9-17(3)23(4,20)21/h7,12H,5-6,8-9H2,1-4H3. The van der Waals surface area contributed by atoms with Crippen molar-refractivity contribution in [2.75, 3.05) is 32.9 Å². The van der Waals surface area contributed by atoms with Crippen LogP contribution in [0, 0.1) is 13.8 Å². The minimum absolute atomic E-state index is 0.142. The molecule has 1 aromatic heterocycles. The molecule has 9 heteroatoms. The fourth-order valence-corrected chi connectivity index (χ4v) is 2.72. The minimum Gasteiger partial charge on any atom is -0.472 e. The number of carbonyl (C=O) groups excluding carboxylic acids is 1. The number of aryl methyl sites for hydroxylation is 2. The summed E-state index contributed by atoms with van der Waals surface area (Å²) >= 11 is 0. The van der Waals surface area contributed by atoms with Gasteiger partial charge in [0.25, 0.3) is 0 Å². The van der Waals surface area contributed by atoms with E-state index in [0.29, 0.717) is 31.2 Å². The molecular weight excluding hydrogens is 320 g/mol. The molecule has 0 saturated carbocycles. The molecule has 1 amide bonds. The summed E-state index contributed by atoms with van der Waals surface area (Å²) in [4.78, 5) is 22.2. The van der Waals surface area contributed by atoms with Crippen LogP contribution in [0.4, 0.5) is 0 Å². The lowest BCUT2D eigenvalue weighted by molar-refractivity contribution is -0.130. The molecule has 0 spiro atoms. The second-order valence-electron chi connectivity index (χ2n) is 5.78. The van der Waals surface area contributed by atoms with Gasteiger partial charge in [0.05, 0.1) is 19.3 Å². The van der Waals surface area contributed by atoms with Crippen molar-refractivity contribution in [3.05, 3.63) is 17.6 Å². The van der Waals surface area contributed by atoms with Crippen molar-refractivity contribution < 1.29 is 17.9 Å². The lowest BCUT2D eigenvalue weighted by atomic mass is 10.3. The van der Waals surface area contributed by atoms with Crippen LogP contribution in [-0.2, 0) is 14.8 Å². The van der Waals surface area contributed by atoms with Gasteiger partial charge in [-0.2, -0.15) is 9.29 Å². The second-order valence-corrected chi connectivity index (χ2v) is 7.87. The SMILES string of the molecule is Cc1cc(OC2CCN(C(=O)CN(C)S(C)(=O)=O)C2)nc(C)n1. The van der Waals surface area contributed by atoms with Crippen LogP contribution < -0.4 is 4.74 Å². The van der Waals surface area contributed by atoms with Gasteiger partial charge in [0.1, 0.15) is 11.9 Å². The molecule has 1 aliphatic rings. The van der Waals surface area contributed by atoms with Crippen molar-refractivity contribution in [3.63, 3.8) is 0 Å². The summed E-state index contributed by atoms with van der Waals surface area (Å²) in [5, 5.41) is 0. The quantitative estimate of drug-likeness (QED) is 0.746. The number of likely N-dealkylation sites (tertiary alicyclic amines) is 1. The predicted octanol–water partition coefficient (Wildman–Crippen LogP) is -0.0355. The van der Waals surface area contributed by atoms with Crippen LogP contribution in [0.1, 0.15) is 17.9 Å². The summed E-state index contributed by atoms with van der Waals surface area (Å²) < 4.78 is 29.6. The first kappa shape index (κ1) is 17.6. The summed E-state index contributed by atoms with van der Waals surface area (Å²) in [6.07, 6.45) is 1.63. The van der Waals surface area contributed by atoms with Crippen molar-refractivity contribution in [1.82, 2.24) is 19.2 Å². The number of hydrogen-bond acceptors (Lipinski definition) is 6. The van der Waals surface area contributed by atoms with Crippen molar-refractivity contribution in [1.29, 1.82) is 0 Å². The summed E-state index contributed by atoms with van der Waals surface area (Å²) in [5.74, 6) is 0.919. The van der Waals surface area contributed by atoms with Gasteiger partial charge in [-0.05, 0) is 13.8 Å². The lowest BCUT2D eigenvalue weighted by Crippen LogP contribution is -2.40. The number of nitrogens with zero attached hydrogens (tertiary/aromatic N) is 4. The van der Waals surface area contributed by atoms with Gasteiger partial charge in [0.15, 0.2) is 0 Å². The lowest BCUT2D eigenvalue weighted by Gasteiger charge is -2.20. The van der Waals surface area contributed by atoms with Crippen LogP contribution in [0.25, 0.3) is 0 Å². The summed E-state index contributed by atoms with van der Waals surface area (Å²) in [5.41, 5.74) is 0.827. The number of ether oxygens (including phenoxy) is 1. The van der Waals surface area contributed by atoms with Gasteiger partial charge in [0, 0.05) is 31.8 Å². The Labute approximate surface area is 136 Å². The zero-order chi connectivity index (χ0) is 17.2. The predicted molar refractivity (Wildman–Crippen MR) is 84.6 cm³/mol. The van der Waals surface area contributed by atoms with Gasteiger partial charge in [-0.25, -0.2) is 13.4 Å². The van der Waals surface area contributed by atoms with Gasteiger partial charge >= 0.3 is 0 Å². The van der Waals surface area contributed by atoms with E-state index in [2.05, 4.69) is 9.97 Å². The molecule has 2 heterocycles. The largest absolute Gasteiger partial charge is 0.472 e. The molecular formula is C14H22N4O4S. The number of aromatic nitrogens is 2. The second kappa shape index (κ2) is 6.79. The first-order valence-corrected chi connectivity index (χ1v) is 9.18. The van der Waals surface area contributed by atoms with E-state index in [1.165, 1.54) is 7.05 Å². The van der Waals surface area contributed by atoms with Gasteiger partial charge < -0.3 is 9.64 Å². The summed E-state index contributed by atoms with van der Waals surface area (Å²) in [7, 11) is -1.97. The molecule has 0 N–H and O–H groups in total. The monoisotopic (exact) mass is 342 g/mol. The van der Waals surface area contributed by atoms with Crippen LogP contribution in [-0.4, -0.2) is 72.5 Å². The Bertz CT molecular complexity index is 672. The zero-order valence-electron chi connectivity index (χ0n) is 13.8. The highest BCUT2D eigenvalue weighted by molar-refractivity contribution is 7.88. The Morgan fingerprint density at radius 3 is 2.74 bits per heavy atom. The highest BCUT2D eigenvalue weighted by atomic mass is 32.2. The Hall–Kier alpha value is -1.74. The smallest absolute Gasteiger partial charge is 0.238 e. The van der Waals surface area contributed by atoms with Crippen LogP contribution >= 0.6 is 0 Å². The van der Waals surface area contributed by atoms with Gasteiger partial charge in [-0.3, -0.25) is 4.79 Å². The minimum atomic E-state index is -3.36. The molecule has 1 aliphatic heterocycles. The topological polar surface area (TPSA) is 92.7 Å². The zero-order valence-corrected chi connectivity index (χ0v) is 14.6. The third-order valence-electron chi connectivity index (χ3n) is 3.65. The highest BCUT2D eigenvalue weighted by Crippen LogP contribution is 2.17. The van der Waals surface area contributed by atoms with Crippen molar-refractivity contribution in [2.45, 2.75) is 26.4 Å². The molecule has 0 bridgehead atoms. The van der Waals surface area contributed by atoms with Crippen molar-refractivity contribution in [3.8, 4) is 5.88 Å². The van der Waals surface area contributed by atoms with Gasteiger partial charge in [-0.1, -0.05) is 0 Å². The van der Waals surface area contributed by atoms with E-state index in [9.17, 15) is 13.2 Å². The average Bonchev–Trinajstić information content (AvgIpc) is 2.84. The van der Waals surface area contributed by atoms with E-state index in [-0.39, 0.29) is 18.6 Å². The van der Waals surface area contributed by atoms with Crippen molar-refractivity contribution >= 4 is 15.9 Å². The molecule has 0 aromatic carbocycles. The van der Waals surface area contributed by atoms with Gasteiger partial charge in [-0.15, -0.1) is 0 Å². The Balaban J connectivity index is 1.92. The highest BCUT2D eigenvalue weighted by Gasteiger charge is 2.29. The molecule has 23 heavy (non-hydrogen) atoms. The molecule has 128 valence electrons. The fraction of sp³-hybridized carbons (Fsp3) is 0.643. The molecule has 0 radical (unpaired) electrons. The van der Waals surface area contributed by atoms with Crippen LogP contribution in [0.5, 0.6) is 5.88 Å². The van der Waals surface area contributed by atoms with Crippen LogP contribution in [0.3, 0.4) is 0 Å². The number of hydrogen-bond donors (Lipinski definition) is 0. The normalized spacial score (nSPS) is 18.5. The van der Waals surface area contributed by atoms with Crippen molar-refractivity contribution in [2.24, 2.45) is 0 Å². The molecule has 2 rings (SSSR count). The maximum Gasteiger partial charge on any atom is 0.238 e. The number of carbonyl (C=O) groups is 1. The first-order chi connectivity index (χ1) is 10.6. The molecule has 1 atom stereocenters. The first-order valence-electron chi connectivity index (χ1n) is 7.33. The van der Waals surface area contributed by atoms with E-state index < -0.39 is 10.0 Å².